The van der Waals surface area contributed by atoms with E-state index in [1.807, 2.05) is 12.1 Å². The molecule has 0 radical (unpaired) electrons. The summed E-state index contributed by atoms with van der Waals surface area (Å²) in [6.45, 7) is 5.65. The van der Waals surface area contributed by atoms with Gasteiger partial charge in [0.2, 0.25) is 5.13 Å². The molecule has 0 spiro atoms. The number of aryl methyl sites for hydroxylation is 1. The first kappa shape index (κ1) is 24.7. The number of aromatic nitrogens is 6. The summed E-state index contributed by atoms with van der Waals surface area (Å²) in [4.78, 5) is 15.9. The van der Waals surface area contributed by atoms with Crippen LogP contribution in [0.1, 0.15) is 27.3 Å². The zero-order chi connectivity index (χ0) is 25.2. The highest BCUT2D eigenvalue weighted by molar-refractivity contribution is 7.98. The predicted octanol–water partition coefficient (Wildman–Crippen LogP) is 5.18. The highest BCUT2D eigenvalue weighted by Crippen LogP contribution is 2.34. The number of nitrogens with zero attached hydrogens (tertiary/aromatic N) is 6. The summed E-state index contributed by atoms with van der Waals surface area (Å²) in [6.07, 6.45) is -2.89. The number of rotatable bonds is 8. The number of halogens is 3. The Labute approximate surface area is 206 Å². The lowest BCUT2D eigenvalue weighted by molar-refractivity contribution is -0.142. The van der Waals surface area contributed by atoms with Crippen molar-refractivity contribution in [3.8, 4) is 16.6 Å². The Kier molecular flexibility index (Phi) is 7.08. The Morgan fingerprint density at radius 1 is 1.26 bits per heavy atom. The van der Waals surface area contributed by atoms with Gasteiger partial charge in [0.25, 0.3) is 0 Å². The molecule has 35 heavy (non-hydrogen) atoms. The van der Waals surface area contributed by atoms with Gasteiger partial charge in [0, 0.05) is 17.7 Å². The van der Waals surface area contributed by atoms with E-state index in [2.05, 4.69) is 26.9 Å². The highest BCUT2D eigenvalue weighted by atomic mass is 32.2. The summed E-state index contributed by atoms with van der Waals surface area (Å²) in [5.74, 6) is 0.559. The van der Waals surface area contributed by atoms with E-state index in [-0.39, 0.29) is 10.8 Å². The number of ether oxygens (including phenoxy) is 1. The monoisotopic (exact) mass is 520 g/mol. The van der Waals surface area contributed by atoms with Crippen LogP contribution in [0.15, 0.2) is 53.5 Å². The Morgan fingerprint density at radius 2 is 2.00 bits per heavy atom. The fraction of sp³-hybridized carbons (Fsp3) is 0.227. The minimum atomic E-state index is -4.56. The molecule has 0 saturated carbocycles. The van der Waals surface area contributed by atoms with Crippen LogP contribution >= 0.6 is 23.1 Å². The van der Waals surface area contributed by atoms with Crippen LogP contribution in [0.2, 0.25) is 0 Å². The van der Waals surface area contributed by atoms with Gasteiger partial charge in [-0.1, -0.05) is 30.0 Å². The lowest BCUT2D eigenvalue weighted by Crippen LogP contribution is -2.13. The molecule has 0 atom stereocenters. The predicted molar refractivity (Wildman–Crippen MR) is 126 cm³/mol. The summed E-state index contributed by atoms with van der Waals surface area (Å²) in [5, 5.41) is 14.7. The van der Waals surface area contributed by atoms with Gasteiger partial charge < -0.3 is 4.74 Å². The van der Waals surface area contributed by atoms with Crippen LogP contribution in [-0.2, 0) is 23.2 Å². The van der Waals surface area contributed by atoms with E-state index in [9.17, 15) is 18.0 Å². The molecule has 0 aliphatic heterocycles. The van der Waals surface area contributed by atoms with E-state index in [4.69, 9.17) is 4.74 Å². The number of carbonyl (C=O) groups excluding carboxylic acids is 1. The first-order chi connectivity index (χ1) is 16.7. The number of hydrogen-bond acceptors (Lipinski definition) is 8. The summed E-state index contributed by atoms with van der Waals surface area (Å²) < 4.78 is 47.5. The van der Waals surface area contributed by atoms with Crippen molar-refractivity contribution in [3.05, 3.63) is 70.9 Å². The van der Waals surface area contributed by atoms with Gasteiger partial charge in [-0.2, -0.15) is 18.3 Å². The minimum Gasteiger partial charge on any atom is -0.465 e. The molecule has 4 rings (SSSR count). The molecule has 0 unspecified atom stereocenters. The van der Waals surface area contributed by atoms with E-state index < -0.39 is 17.8 Å². The van der Waals surface area contributed by atoms with Crippen LogP contribution in [0.5, 0.6) is 0 Å². The third kappa shape index (κ3) is 5.30. The fourth-order valence-corrected chi connectivity index (χ4v) is 4.86. The molecule has 0 aliphatic carbocycles. The maximum absolute atomic E-state index is 13.4. The maximum Gasteiger partial charge on any atom is 0.433 e. The molecule has 0 N–H and O–H groups in total. The van der Waals surface area contributed by atoms with Gasteiger partial charge in [-0.05, 0) is 30.7 Å². The van der Waals surface area contributed by atoms with E-state index >= 15 is 0 Å². The molecule has 3 heterocycles. The Hall–Kier alpha value is -3.45. The average molecular weight is 521 g/mol. The van der Waals surface area contributed by atoms with Crippen molar-refractivity contribution in [1.29, 1.82) is 0 Å². The number of esters is 1. The van der Waals surface area contributed by atoms with Crippen molar-refractivity contribution in [3.63, 3.8) is 0 Å². The quantitative estimate of drug-likeness (QED) is 0.180. The van der Waals surface area contributed by atoms with Crippen molar-refractivity contribution in [1.82, 2.24) is 29.5 Å². The summed E-state index contributed by atoms with van der Waals surface area (Å²) >= 11 is 2.45. The van der Waals surface area contributed by atoms with Crippen LogP contribution < -0.4 is 0 Å². The first-order valence-corrected chi connectivity index (χ1v) is 12.0. The van der Waals surface area contributed by atoms with Gasteiger partial charge in [-0.25, -0.2) is 14.5 Å². The Morgan fingerprint density at radius 3 is 2.66 bits per heavy atom. The molecule has 0 bridgehead atoms. The second-order valence-corrected chi connectivity index (χ2v) is 9.06. The molecule has 13 heteroatoms. The third-order valence-electron chi connectivity index (χ3n) is 4.80. The van der Waals surface area contributed by atoms with Crippen molar-refractivity contribution < 1.29 is 22.7 Å². The van der Waals surface area contributed by atoms with Crippen LogP contribution in [-0.4, -0.2) is 42.6 Å². The third-order valence-corrected chi connectivity index (χ3v) is 6.65. The molecule has 3 aromatic heterocycles. The van der Waals surface area contributed by atoms with Crippen LogP contribution in [0.3, 0.4) is 0 Å². The number of benzene rings is 1. The molecule has 8 nitrogen and oxygen atoms in total. The summed E-state index contributed by atoms with van der Waals surface area (Å²) in [6, 6.07) is 8.00. The topological polar surface area (TPSA) is 87.7 Å². The number of thioether (sulfide) groups is 1. The lowest BCUT2D eigenvalue weighted by Gasteiger charge is -2.08. The minimum absolute atomic E-state index is 0.0773. The number of methoxy groups -OCH3 is 1. The molecule has 182 valence electrons. The smallest absolute Gasteiger partial charge is 0.433 e. The highest BCUT2D eigenvalue weighted by Gasteiger charge is 2.36. The fourth-order valence-electron chi connectivity index (χ4n) is 3.19. The molecule has 0 amide bonds. The number of allylic oxidation sites excluding steroid dienone is 1. The molecule has 4 aromatic rings. The van der Waals surface area contributed by atoms with E-state index in [1.54, 1.807) is 28.2 Å². The first-order valence-electron chi connectivity index (χ1n) is 10.2. The van der Waals surface area contributed by atoms with Crippen molar-refractivity contribution in [2.75, 3.05) is 7.11 Å². The summed E-state index contributed by atoms with van der Waals surface area (Å²) in [5.41, 5.74) is 1.15. The van der Waals surface area contributed by atoms with Gasteiger partial charge in [-0.3, -0.25) is 4.57 Å². The molecular formula is C22H19F3N6O2S2. The Balaban J connectivity index is 1.58. The zero-order valence-electron chi connectivity index (χ0n) is 18.6. The van der Waals surface area contributed by atoms with Crippen LogP contribution in [0.25, 0.3) is 16.6 Å². The number of carbonyl (C=O) groups is 1. The van der Waals surface area contributed by atoms with Crippen LogP contribution in [0, 0.1) is 6.92 Å². The lowest BCUT2D eigenvalue weighted by atomic mass is 10.1. The number of alkyl halides is 3. The molecule has 1 aromatic carbocycles. The largest absolute Gasteiger partial charge is 0.465 e. The average Bonchev–Trinajstić information content (AvgIpc) is 3.56. The van der Waals surface area contributed by atoms with Crippen molar-refractivity contribution in [2.45, 2.75) is 30.6 Å². The number of thiazole rings is 1. The second kappa shape index (κ2) is 10.0. The van der Waals surface area contributed by atoms with Gasteiger partial charge >= 0.3 is 12.1 Å². The van der Waals surface area contributed by atoms with Gasteiger partial charge in [0.1, 0.15) is 5.69 Å². The Bertz CT molecular complexity index is 1360. The van der Waals surface area contributed by atoms with Gasteiger partial charge in [0.05, 0.1) is 18.4 Å². The summed E-state index contributed by atoms with van der Waals surface area (Å²) in [7, 11) is 1.33. The molecular weight excluding hydrogens is 501 g/mol. The standard InChI is InChI=1S/C22H19F3N6O2S2/c1-4-9-30-18(16-12-35-20(26-16)31-17(22(23,24)25)10-13(2)29-31)27-28-21(30)34-11-14-5-7-15(8-6-14)19(32)33-3/h4-8,10,12H,1,9,11H2,2-3H3. The molecule has 0 fully saturated rings. The van der Waals surface area contributed by atoms with Crippen LogP contribution in [0.4, 0.5) is 13.2 Å². The van der Waals surface area contributed by atoms with Crippen molar-refractivity contribution >= 4 is 29.1 Å². The van der Waals surface area contributed by atoms with Crippen molar-refractivity contribution in [2.24, 2.45) is 0 Å². The van der Waals surface area contributed by atoms with E-state index in [1.165, 1.54) is 25.8 Å². The van der Waals surface area contributed by atoms with Gasteiger partial charge in [-0.15, -0.1) is 28.1 Å². The zero-order valence-corrected chi connectivity index (χ0v) is 20.2. The SMILES string of the molecule is C=CCn1c(SCc2ccc(C(=O)OC)cc2)nnc1-c1csc(-n2nc(C)cc2C(F)(F)F)n1. The molecule has 0 aliphatic rings. The second-order valence-electron chi connectivity index (χ2n) is 7.28. The number of hydrogen-bond donors (Lipinski definition) is 0. The van der Waals surface area contributed by atoms with Gasteiger partial charge in [0.15, 0.2) is 16.7 Å². The normalized spacial score (nSPS) is 11.6. The van der Waals surface area contributed by atoms with E-state index in [0.717, 1.165) is 27.6 Å². The molecule has 0 saturated heterocycles. The maximum atomic E-state index is 13.4. The van der Waals surface area contributed by atoms with E-state index in [0.29, 0.717) is 34.5 Å².